The lowest BCUT2D eigenvalue weighted by Crippen LogP contribution is -2.18. The zero-order valence-corrected chi connectivity index (χ0v) is 15.7. The zero-order valence-electron chi connectivity index (χ0n) is 14.9. The summed E-state index contributed by atoms with van der Waals surface area (Å²) in [5.41, 5.74) is 5.14. The lowest BCUT2D eigenvalue weighted by atomic mass is 10.1. The third-order valence-corrected chi connectivity index (χ3v) is 6.53. The van der Waals surface area contributed by atoms with Crippen molar-refractivity contribution in [3.63, 3.8) is 0 Å². The maximum atomic E-state index is 13.1. The van der Waals surface area contributed by atoms with Gasteiger partial charge >= 0.3 is 0 Å². The first-order valence-electron chi connectivity index (χ1n) is 8.65. The molecular formula is C22H18N2OS. The molecule has 0 spiro atoms. The molecule has 0 amide bonds. The van der Waals surface area contributed by atoms with Gasteiger partial charge in [-0.05, 0) is 49.1 Å². The fourth-order valence-corrected chi connectivity index (χ4v) is 5.02. The number of nitrogens with zero attached hydrogens (tertiary/aromatic N) is 1. The Balaban J connectivity index is 1.92. The molecule has 0 bridgehead atoms. The minimum atomic E-state index is 0.0374. The molecule has 0 radical (unpaired) electrons. The lowest BCUT2D eigenvalue weighted by molar-refractivity contribution is 0.896. The third-order valence-electron chi connectivity index (χ3n) is 5.22. The summed E-state index contributed by atoms with van der Waals surface area (Å²) in [4.78, 5) is 17.6. The average molecular weight is 358 g/mol. The number of aryl methyl sites for hydroxylation is 3. The predicted octanol–water partition coefficient (Wildman–Crippen LogP) is 5.52. The Morgan fingerprint density at radius 3 is 2.58 bits per heavy atom. The van der Waals surface area contributed by atoms with Gasteiger partial charge in [-0.25, -0.2) is 0 Å². The van der Waals surface area contributed by atoms with Crippen LogP contribution in [0.5, 0.6) is 0 Å². The van der Waals surface area contributed by atoms with Crippen LogP contribution in [0.15, 0.2) is 53.3 Å². The van der Waals surface area contributed by atoms with Gasteiger partial charge in [0.05, 0.1) is 5.56 Å². The normalized spacial score (nSPS) is 11.8. The Morgan fingerprint density at radius 1 is 0.962 bits per heavy atom. The minimum Gasteiger partial charge on any atom is -0.341 e. The summed E-state index contributed by atoms with van der Waals surface area (Å²) in [7, 11) is 1.85. The van der Waals surface area contributed by atoms with E-state index in [1.54, 1.807) is 15.9 Å². The summed E-state index contributed by atoms with van der Waals surface area (Å²) in [6.07, 6.45) is 0. The average Bonchev–Trinajstić information content (AvgIpc) is 3.16. The molecule has 0 atom stereocenters. The number of hydrogen-bond acceptors (Lipinski definition) is 2. The van der Waals surface area contributed by atoms with Crippen LogP contribution in [-0.4, -0.2) is 9.55 Å². The molecule has 128 valence electrons. The second-order valence-corrected chi connectivity index (χ2v) is 7.96. The third kappa shape index (κ3) is 2.02. The van der Waals surface area contributed by atoms with Gasteiger partial charge in [-0.1, -0.05) is 29.8 Å². The molecule has 0 fully saturated rings. The van der Waals surface area contributed by atoms with Crippen molar-refractivity contribution in [2.24, 2.45) is 7.05 Å². The highest BCUT2D eigenvalue weighted by atomic mass is 32.1. The molecule has 1 N–H and O–H groups in total. The van der Waals surface area contributed by atoms with Crippen molar-refractivity contribution < 1.29 is 0 Å². The number of nitrogens with one attached hydrogen (secondary N) is 1. The van der Waals surface area contributed by atoms with Gasteiger partial charge in [0.25, 0.3) is 5.56 Å². The molecule has 0 unspecified atom stereocenters. The molecule has 5 rings (SSSR count). The second-order valence-electron chi connectivity index (χ2n) is 6.91. The first-order chi connectivity index (χ1) is 12.5. The van der Waals surface area contributed by atoms with E-state index in [1.165, 1.54) is 21.2 Å². The van der Waals surface area contributed by atoms with Gasteiger partial charge in [-0.2, -0.15) is 0 Å². The van der Waals surface area contributed by atoms with Crippen LogP contribution in [0, 0.1) is 13.8 Å². The smallest absolute Gasteiger partial charge is 0.260 e. The van der Waals surface area contributed by atoms with Crippen molar-refractivity contribution >= 4 is 43.4 Å². The van der Waals surface area contributed by atoms with Gasteiger partial charge in [0.2, 0.25) is 0 Å². The Labute approximate surface area is 154 Å². The highest BCUT2D eigenvalue weighted by Crippen LogP contribution is 2.38. The van der Waals surface area contributed by atoms with Gasteiger partial charge in [0.15, 0.2) is 0 Å². The monoisotopic (exact) mass is 358 g/mol. The van der Waals surface area contributed by atoms with E-state index in [1.807, 2.05) is 13.1 Å². The standard InChI is InChI=1S/C22H18N2OS/c1-12-8-9-18-15(10-12)16-11-17(22(25)24(3)21(16)23-18)20-13(2)14-6-4-5-7-19(14)26-20/h4-11,23H,1-3H3. The van der Waals surface area contributed by atoms with Gasteiger partial charge in [-0.15, -0.1) is 11.3 Å². The van der Waals surface area contributed by atoms with Crippen molar-refractivity contribution in [1.82, 2.24) is 9.55 Å². The molecule has 3 aromatic heterocycles. The van der Waals surface area contributed by atoms with E-state index in [2.05, 4.69) is 61.3 Å². The number of aromatic nitrogens is 2. The number of hydrogen-bond donors (Lipinski definition) is 1. The van der Waals surface area contributed by atoms with Crippen LogP contribution in [-0.2, 0) is 7.05 Å². The number of pyridine rings is 1. The van der Waals surface area contributed by atoms with Crippen LogP contribution in [0.25, 0.3) is 42.5 Å². The quantitative estimate of drug-likeness (QED) is 0.421. The molecule has 0 aliphatic heterocycles. The number of aromatic amines is 1. The molecular weight excluding hydrogens is 340 g/mol. The number of thiophene rings is 1. The van der Waals surface area contributed by atoms with E-state index in [9.17, 15) is 4.79 Å². The van der Waals surface area contributed by atoms with Gasteiger partial charge < -0.3 is 4.98 Å². The van der Waals surface area contributed by atoms with Gasteiger partial charge in [0.1, 0.15) is 5.65 Å². The van der Waals surface area contributed by atoms with E-state index < -0.39 is 0 Å². The summed E-state index contributed by atoms with van der Waals surface area (Å²) in [6, 6.07) is 16.8. The Hall–Kier alpha value is -2.85. The number of rotatable bonds is 1. The van der Waals surface area contributed by atoms with Crippen molar-refractivity contribution in [3.05, 3.63) is 70.0 Å². The van der Waals surface area contributed by atoms with Crippen LogP contribution in [0.2, 0.25) is 0 Å². The molecule has 3 heterocycles. The topological polar surface area (TPSA) is 37.8 Å². The largest absolute Gasteiger partial charge is 0.341 e. The molecule has 26 heavy (non-hydrogen) atoms. The Morgan fingerprint density at radius 2 is 1.77 bits per heavy atom. The van der Waals surface area contributed by atoms with E-state index in [4.69, 9.17) is 0 Å². The van der Waals surface area contributed by atoms with E-state index in [0.717, 1.165) is 32.4 Å². The number of H-pyrrole nitrogens is 1. The molecule has 4 heteroatoms. The van der Waals surface area contributed by atoms with Crippen LogP contribution in [0.4, 0.5) is 0 Å². The zero-order chi connectivity index (χ0) is 18.0. The highest BCUT2D eigenvalue weighted by Gasteiger charge is 2.17. The van der Waals surface area contributed by atoms with Crippen LogP contribution >= 0.6 is 11.3 Å². The summed E-state index contributed by atoms with van der Waals surface area (Å²) >= 11 is 1.70. The fourth-order valence-electron chi connectivity index (χ4n) is 3.81. The highest BCUT2D eigenvalue weighted by molar-refractivity contribution is 7.22. The molecule has 0 aliphatic rings. The molecule has 0 saturated carbocycles. The summed E-state index contributed by atoms with van der Waals surface area (Å²) in [6.45, 7) is 4.20. The van der Waals surface area contributed by atoms with Crippen molar-refractivity contribution in [2.45, 2.75) is 13.8 Å². The maximum absolute atomic E-state index is 13.1. The van der Waals surface area contributed by atoms with Gasteiger partial charge in [-0.3, -0.25) is 9.36 Å². The maximum Gasteiger partial charge on any atom is 0.260 e. The predicted molar refractivity (Wildman–Crippen MR) is 111 cm³/mol. The van der Waals surface area contributed by atoms with E-state index >= 15 is 0 Å². The molecule has 5 aromatic rings. The summed E-state index contributed by atoms with van der Waals surface area (Å²) < 4.78 is 2.96. The van der Waals surface area contributed by atoms with E-state index in [0.29, 0.717) is 0 Å². The second kappa shape index (κ2) is 5.32. The van der Waals surface area contributed by atoms with Crippen molar-refractivity contribution in [2.75, 3.05) is 0 Å². The Kier molecular flexibility index (Phi) is 3.15. The van der Waals surface area contributed by atoms with E-state index in [-0.39, 0.29) is 5.56 Å². The number of benzene rings is 2. The number of fused-ring (bicyclic) bond motifs is 4. The first kappa shape index (κ1) is 15.4. The molecule has 3 nitrogen and oxygen atoms in total. The molecule has 0 aliphatic carbocycles. The van der Waals surface area contributed by atoms with Crippen molar-refractivity contribution in [1.29, 1.82) is 0 Å². The van der Waals surface area contributed by atoms with Crippen LogP contribution in [0.3, 0.4) is 0 Å². The minimum absolute atomic E-state index is 0.0374. The van der Waals surface area contributed by atoms with Crippen molar-refractivity contribution in [3.8, 4) is 10.4 Å². The lowest BCUT2D eigenvalue weighted by Gasteiger charge is -2.05. The molecule has 0 saturated heterocycles. The SMILES string of the molecule is Cc1ccc2[nH]c3c(cc(-c4sc5ccccc5c4C)c(=O)n3C)c2c1. The molecule has 2 aromatic carbocycles. The van der Waals surface area contributed by atoms with Crippen LogP contribution in [0.1, 0.15) is 11.1 Å². The summed E-state index contributed by atoms with van der Waals surface area (Å²) in [5, 5.41) is 3.48. The summed E-state index contributed by atoms with van der Waals surface area (Å²) in [5.74, 6) is 0. The van der Waals surface area contributed by atoms with Gasteiger partial charge in [0, 0.05) is 32.9 Å². The fraction of sp³-hybridized carbons (Fsp3) is 0.136. The van der Waals surface area contributed by atoms with Crippen LogP contribution < -0.4 is 5.56 Å². The Bertz CT molecular complexity index is 1380. The first-order valence-corrected chi connectivity index (χ1v) is 9.47.